The summed E-state index contributed by atoms with van der Waals surface area (Å²) in [7, 11) is 1.66. The van der Waals surface area contributed by atoms with Gasteiger partial charge in [0.15, 0.2) is 6.10 Å². The number of benzene rings is 1. The lowest BCUT2D eigenvalue weighted by Gasteiger charge is -2.09. The normalized spacial score (nSPS) is 20.7. The molecule has 13 heavy (non-hydrogen) atoms. The molecule has 1 amide bonds. The fourth-order valence-electron chi connectivity index (χ4n) is 1.47. The molecule has 68 valence electrons. The predicted octanol–water partition coefficient (Wildman–Crippen LogP) is 1.46. The summed E-state index contributed by atoms with van der Waals surface area (Å²) in [6.45, 7) is 0. The van der Waals surface area contributed by atoms with Crippen LogP contribution in [0.15, 0.2) is 22.7 Å². The lowest BCUT2D eigenvalue weighted by molar-refractivity contribution is -0.125. The monoisotopic (exact) mass is 241 g/mol. The number of likely N-dealkylation sites (N-methyl/N-ethyl adjacent to an activating group) is 1. The zero-order valence-electron chi connectivity index (χ0n) is 6.99. The molecule has 0 spiro atoms. The minimum absolute atomic E-state index is 0.270. The maximum Gasteiger partial charge on any atom is 0.260 e. The van der Waals surface area contributed by atoms with Crippen LogP contribution in [0.25, 0.3) is 0 Å². The summed E-state index contributed by atoms with van der Waals surface area (Å²) >= 11 is 3.31. The number of hydrogen-bond donors (Lipinski definition) is 1. The molecule has 0 unspecified atom stereocenters. The summed E-state index contributed by atoms with van der Waals surface area (Å²) in [6, 6.07) is 5.39. The SMILES string of the molecule is CN1C(=O)[C@H](O)c2ccc(Br)cc21. The van der Waals surface area contributed by atoms with Crippen LogP contribution in [0.3, 0.4) is 0 Å². The van der Waals surface area contributed by atoms with Gasteiger partial charge in [0.1, 0.15) is 0 Å². The van der Waals surface area contributed by atoms with E-state index in [9.17, 15) is 9.90 Å². The molecule has 0 aliphatic carbocycles. The van der Waals surface area contributed by atoms with E-state index < -0.39 is 6.10 Å². The van der Waals surface area contributed by atoms with Gasteiger partial charge >= 0.3 is 0 Å². The number of nitrogens with zero attached hydrogens (tertiary/aromatic N) is 1. The summed E-state index contributed by atoms with van der Waals surface area (Å²) in [6.07, 6.45) is -0.992. The second kappa shape index (κ2) is 2.82. The first kappa shape index (κ1) is 8.72. The quantitative estimate of drug-likeness (QED) is 0.748. The zero-order valence-corrected chi connectivity index (χ0v) is 8.58. The summed E-state index contributed by atoms with van der Waals surface area (Å²) < 4.78 is 0.903. The number of carbonyl (C=O) groups is 1. The Labute approximate surface area is 84.1 Å². The second-order valence-electron chi connectivity index (χ2n) is 3.00. The van der Waals surface area contributed by atoms with Crippen molar-refractivity contribution in [3.8, 4) is 0 Å². The van der Waals surface area contributed by atoms with Gasteiger partial charge in [-0.1, -0.05) is 22.0 Å². The highest BCUT2D eigenvalue weighted by Crippen LogP contribution is 2.36. The number of aliphatic hydroxyl groups excluding tert-OH is 1. The van der Waals surface area contributed by atoms with Crippen LogP contribution in [-0.4, -0.2) is 18.1 Å². The Bertz CT molecular complexity index is 378. The van der Waals surface area contributed by atoms with Crippen LogP contribution >= 0.6 is 15.9 Å². The van der Waals surface area contributed by atoms with Crippen molar-refractivity contribution in [3.63, 3.8) is 0 Å². The van der Waals surface area contributed by atoms with E-state index in [0.29, 0.717) is 5.56 Å². The van der Waals surface area contributed by atoms with Crippen molar-refractivity contribution in [1.82, 2.24) is 0 Å². The number of halogens is 1. The van der Waals surface area contributed by atoms with Crippen LogP contribution < -0.4 is 4.90 Å². The minimum atomic E-state index is -0.992. The third-order valence-corrected chi connectivity index (χ3v) is 2.71. The van der Waals surface area contributed by atoms with Gasteiger partial charge in [-0.2, -0.15) is 0 Å². The standard InChI is InChI=1S/C9H8BrNO2/c1-11-7-4-5(10)2-3-6(7)8(12)9(11)13/h2-4,8,12H,1H3/t8-/m1/s1. The van der Waals surface area contributed by atoms with Gasteiger partial charge in [0.2, 0.25) is 0 Å². The largest absolute Gasteiger partial charge is 0.378 e. The Morgan fingerprint density at radius 1 is 1.54 bits per heavy atom. The van der Waals surface area contributed by atoms with Gasteiger partial charge in [-0.15, -0.1) is 0 Å². The highest BCUT2D eigenvalue weighted by molar-refractivity contribution is 9.10. The van der Waals surface area contributed by atoms with Crippen LogP contribution in [0.1, 0.15) is 11.7 Å². The van der Waals surface area contributed by atoms with E-state index >= 15 is 0 Å². The van der Waals surface area contributed by atoms with Gasteiger partial charge in [-0.05, 0) is 12.1 Å². The van der Waals surface area contributed by atoms with E-state index in [1.807, 2.05) is 12.1 Å². The Kier molecular flexibility index (Phi) is 1.89. The molecule has 1 atom stereocenters. The van der Waals surface area contributed by atoms with Crippen LogP contribution in [0, 0.1) is 0 Å². The lowest BCUT2D eigenvalue weighted by atomic mass is 10.1. The average molecular weight is 242 g/mol. The number of hydrogen-bond acceptors (Lipinski definition) is 2. The van der Waals surface area contributed by atoms with Crippen molar-refractivity contribution in [2.75, 3.05) is 11.9 Å². The highest BCUT2D eigenvalue weighted by atomic mass is 79.9. The summed E-state index contributed by atoms with van der Waals surface area (Å²) in [5.41, 5.74) is 1.45. The Balaban J connectivity index is 2.60. The zero-order chi connectivity index (χ0) is 9.59. The number of carbonyl (C=O) groups excluding carboxylic acids is 1. The molecular formula is C9H8BrNO2. The van der Waals surface area contributed by atoms with Gasteiger partial charge in [-0.3, -0.25) is 4.79 Å². The smallest absolute Gasteiger partial charge is 0.260 e. The molecule has 1 aliphatic rings. The minimum Gasteiger partial charge on any atom is -0.378 e. The molecule has 3 nitrogen and oxygen atoms in total. The van der Waals surface area contributed by atoms with Crippen molar-refractivity contribution in [3.05, 3.63) is 28.2 Å². The number of rotatable bonds is 0. The first-order valence-corrected chi connectivity index (χ1v) is 4.65. The molecule has 1 heterocycles. The maximum absolute atomic E-state index is 11.3. The van der Waals surface area contributed by atoms with Crippen molar-refractivity contribution in [1.29, 1.82) is 0 Å². The molecule has 0 aromatic heterocycles. The number of anilines is 1. The molecular weight excluding hydrogens is 234 g/mol. The first-order chi connectivity index (χ1) is 6.11. The van der Waals surface area contributed by atoms with Crippen molar-refractivity contribution < 1.29 is 9.90 Å². The molecule has 4 heteroatoms. The van der Waals surface area contributed by atoms with E-state index in [2.05, 4.69) is 15.9 Å². The third-order valence-electron chi connectivity index (χ3n) is 2.21. The number of aliphatic hydroxyl groups is 1. The molecule has 0 radical (unpaired) electrons. The van der Waals surface area contributed by atoms with Crippen LogP contribution in [0.2, 0.25) is 0 Å². The van der Waals surface area contributed by atoms with Gasteiger partial charge in [0.05, 0.1) is 5.69 Å². The lowest BCUT2D eigenvalue weighted by Crippen LogP contribution is -2.23. The fourth-order valence-corrected chi connectivity index (χ4v) is 1.82. The molecule has 0 bridgehead atoms. The second-order valence-corrected chi connectivity index (χ2v) is 3.92. The molecule has 0 saturated carbocycles. The molecule has 0 saturated heterocycles. The maximum atomic E-state index is 11.3. The van der Waals surface area contributed by atoms with Gasteiger partial charge in [0.25, 0.3) is 5.91 Å². The summed E-state index contributed by atoms with van der Waals surface area (Å²) in [5.74, 6) is -0.270. The molecule has 2 rings (SSSR count). The van der Waals surface area contributed by atoms with E-state index in [1.165, 1.54) is 4.90 Å². The van der Waals surface area contributed by atoms with Crippen molar-refractivity contribution in [2.24, 2.45) is 0 Å². The van der Waals surface area contributed by atoms with E-state index in [0.717, 1.165) is 10.2 Å². The molecule has 1 aliphatic heterocycles. The summed E-state index contributed by atoms with van der Waals surface area (Å²) in [4.78, 5) is 12.8. The number of fused-ring (bicyclic) bond motifs is 1. The topological polar surface area (TPSA) is 40.5 Å². The average Bonchev–Trinajstić information content (AvgIpc) is 2.32. The Morgan fingerprint density at radius 3 is 2.92 bits per heavy atom. The van der Waals surface area contributed by atoms with E-state index in [-0.39, 0.29) is 5.91 Å². The van der Waals surface area contributed by atoms with Gasteiger partial charge < -0.3 is 10.0 Å². The van der Waals surface area contributed by atoms with E-state index in [4.69, 9.17) is 0 Å². The summed E-state index contributed by atoms with van der Waals surface area (Å²) in [5, 5.41) is 9.50. The van der Waals surface area contributed by atoms with Gasteiger partial charge in [-0.25, -0.2) is 0 Å². The van der Waals surface area contributed by atoms with Crippen LogP contribution in [0.5, 0.6) is 0 Å². The number of amides is 1. The third kappa shape index (κ3) is 1.17. The highest BCUT2D eigenvalue weighted by Gasteiger charge is 2.33. The molecule has 1 N–H and O–H groups in total. The molecule has 1 aromatic rings. The fraction of sp³-hybridized carbons (Fsp3) is 0.222. The van der Waals surface area contributed by atoms with Crippen molar-refractivity contribution in [2.45, 2.75) is 6.10 Å². The first-order valence-electron chi connectivity index (χ1n) is 3.86. The Morgan fingerprint density at radius 2 is 2.23 bits per heavy atom. The Hall–Kier alpha value is -0.870. The molecule has 1 aromatic carbocycles. The predicted molar refractivity (Wildman–Crippen MR) is 52.5 cm³/mol. The molecule has 0 fully saturated rings. The van der Waals surface area contributed by atoms with E-state index in [1.54, 1.807) is 13.1 Å². The van der Waals surface area contributed by atoms with Crippen molar-refractivity contribution >= 4 is 27.5 Å². The van der Waals surface area contributed by atoms with Gasteiger partial charge in [0, 0.05) is 17.1 Å². The van der Waals surface area contributed by atoms with Crippen LogP contribution in [-0.2, 0) is 4.79 Å². The van der Waals surface area contributed by atoms with Crippen LogP contribution in [0.4, 0.5) is 5.69 Å².